The molecule has 0 radical (unpaired) electrons. The number of carboxylic acids is 2. The summed E-state index contributed by atoms with van der Waals surface area (Å²) in [5, 5.41) is 25.8. The highest BCUT2D eigenvalue weighted by Gasteiger charge is 2.40. The molecule has 19 heteroatoms. The highest BCUT2D eigenvalue weighted by atomic mass is 19.4. The molecule has 256 valence electrons. The van der Waals surface area contributed by atoms with Gasteiger partial charge >= 0.3 is 24.3 Å². The van der Waals surface area contributed by atoms with Crippen LogP contribution in [0.1, 0.15) is 41.3 Å². The molecular formula is C27H34F6N6O7. The van der Waals surface area contributed by atoms with Gasteiger partial charge in [0.15, 0.2) is 11.5 Å². The number of rotatable bonds is 6. The number of hydrogen-bond acceptors (Lipinski definition) is 9. The normalized spacial score (nSPS) is 16.9. The summed E-state index contributed by atoms with van der Waals surface area (Å²) >= 11 is 0. The number of carbonyl (C=O) groups excluding carboxylic acids is 1. The van der Waals surface area contributed by atoms with Gasteiger partial charge in [-0.2, -0.15) is 26.3 Å². The number of fused-ring (bicyclic) bond motifs is 2. The van der Waals surface area contributed by atoms with Crippen LogP contribution in [-0.4, -0.2) is 112 Å². The van der Waals surface area contributed by atoms with Crippen molar-refractivity contribution in [2.24, 2.45) is 5.41 Å². The number of nitrogens with zero attached hydrogens (tertiary/aromatic N) is 5. The number of likely N-dealkylation sites (N-methyl/N-ethyl adjacent to an activating group) is 1. The predicted molar refractivity (Wildman–Crippen MR) is 146 cm³/mol. The maximum Gasteiger partial charge on any atom is 0.490 e. The molecule has 3 aliphatic rings. The first-order valence-corrected chi connectivity index (χ1v) is 14.0. The third-order valence-corrected chi connectivity index (χ3v) is 7.49. The fourth-order valence-corrected chi connectivity index (χ4v) is 5.01. The summed E-state index contributed by atoms with van der Waals surface area (Å²) in [6, 6.07) is 6.23. The van der Waals surface area contributed by atoms with Crippen molar-refractivity contribution in [3.63, 3.8) is 0 Å². The van der Waals surface area contributed by atoms with Crippen molar-refractivity contribution in [1.82, 2.24) is 29.9 Å². The lowest BCUT2D eigenvalue weighted by Crippen LogP contribution is -2.45. The fraction of sp³-hybridized carbons (Fsp3) is 0.593. The van der Waals surface area contributed by atoms with Crippen LogP contribution in [0.3, 0.4) is 0 Å². The molecule has 1 aromatic carbocycles. The Morgan fingerprint density at radius 2 is 1.54 bits per heavy atom. The van der Waals surface area contributed by atoms with Gasteiger partial charge in [-0.3, -0.25) is 9.69 Å². The van der Waals surface area contributed by atoms with Crippen molar-refractivity contribution in [2.75, 3.05) is 47.1 Å². The minimum atomic E-state index is -5.08. The molecule has 3 N–H and O–H groups in total. The Hall–Kier alpha value is -4.13. The maximum absolute atomic E-state index is 12.7. The molecule has 0 unspecified atom stereocenters. The Kier molecular flexibility index (Phi) is 11.8. The third-order valence-electron chi connectivity index (χ3n) is 7.49. The highest BCUT2D eigenvalue weighted by molar-refractivity contribution is 5.90. The molecule has 3 aliphatic heterocycles. The van der Waals surface area contributed by atoms with Gasteiger partial charge in [0.25, 0.3) is 5.91 Å². The number of likely N-dealkylation sites (tertiary alicyclic amines) is 1. The van der Waals surface area contributed by atoms with Crippen LogP contribution in [0, 0.1) is 5.41 Å². The maximum atomic E-state index is 12.7. The smallest absolute Gasteiger partial charge is 0.475 e. The zero-order valence-corrected chi connectivity index (χ0v) is 24.9. The summed E-state index contributed by atoms with van der Waals surface area (Å²) in [7, 11) is 3.99. The number of aliphatic carboxylic acids is 2. The molecule has 1 amide bonds. The van der Waals surface area contributed by atoms with Crippen LogP contribution >= 0.6 is 0 Å². The number of amides is 1. The largest absolute Gasteiger partial charge is 0.490 e. The number of alkyl halides is 6. The summed E-state index contributed by atoms with van der Waals surface area (Å²) in [4.78, 5) is 35.0. The molecule has 0 bridgehead atoms. The second-order valence-electron chi connectivity index (χ2n) is 11.2. The molecular weight excluding hydrogens is 634 g/mol. The Morgan fingerprint density at radius 1 is 0.957 bits per heavy atom. The van der Waals surface area contributed by atoms with E-state index >= 15 is 0 Å². The van der Waals surface area contributed by atoms with E-state index in [9.17, 15) is 31.1 Å². The van der Waals surface area contributed by atoms with E-state index in [0.29, 0.717) is 19.2 Å². The molecule has 4 heterocycles. The van der Waals surface area contributed by atoms with Crippen LogP contribution in [0.4, 0.5) is 26.3 Å². The number of aromatic nitrogens is 3. The van der Waals surface area contributed by atoms with E-state index < -0.39 is 24.3 Å². The van der Waals surface area contributed by atoms with Crippen molar-refractivity contribution in [2.45, 2.75) is 51.1 Å². The lowest BCUT2D eigenvalue weighted by molar-refractivity contribution is -0.193. The molecule has 46 heavy (non-hydrogen) atoms. The van der Waals surface area contributed by atoms with Crippen molar-refractivity contribution >= 4 is 17.8 Å². The second-order valence-corrected chi connectivity index (χ2v) is 11.2. The van der Waals surface area contributed by atoms with Crippen molar-refractivity contribution in [3.8, 4) is 11.5 Å². The van der Waals surface area contributed by atoms with E-state index in [0.717, 1.165) is 75.7 Å². The number of halogens is 6. The summed E-state index contributed by atoms with van der Waals surface area (Å²) in [5.41, 5.74) is 1.48. The van der Waals surface area contributed by atoms with Crippen LogP contribution in [0.15, 0.2) is 18.2 Å². The molecule has 1 saturated heterocycles. The number of piperidine rings is 1. The van der Waals surface area contributed by atoms with E-state index in [1.54, 1.807) is 0 Å². The van der Waals surface area contributed by atoms with Gasteiger partial charge in [0.1, 0.15) is 5.82 Å². The van der Waals surface area contributed by atoms with Gasteiger partial charge in [0.05, 0.1) is 0 Å². The molecule has 0 atom stereocenters. The van der Waals surface area contributed by atoms with Crippen LogP contribution < -0.4 is 14.8 Å². The van der Waals surface area contributed by atoms with Gasteiger partial charge in [0, 0.05) is 32.6 Å². The first-order valence-electron chi connectivity index (χ1n) is 14.0. The van der Waals surface area contributed by atoms with Crippen molar-refractivity contribution in [1.29, 1.82) is 0 Å². The number of carboxylic acid groups (broad SMARTS) is 2. The first-order chi connectivity index (χ1) is 21.4. The van der Waals surface area contributed by atoms with Crippen molar-refractivity contribution < 1.29 is 60.4 Å². The molecule has 1 aromatic heterocycles. The van der Waals surface area contributed by atoms with Gasteiger partial charge in [0.2, 0.25) is 12.6 Å². The summed E-state index contributed by atoms with van der Waals surface area (Å²) in [6.07, 6.45) is -5.92. The van der Waals surface area contributed by atoms with Gasteiger partial charge in [-0.1, -0.05) is 6.07 Å². The lowest BCUT2D eigenvalue weighted by atomic mass is 9.73. The van der Waals surface area contributed by atoms with Crippen molar-refractivity contribution in [3.05, 3.63) is 35.4 Å². The molecule has 0 saturated carbocycles. The summed E-state index contributed by atoms with van der Waals surface area (Å²) < 4.78 is 76.5. The molecule has 1 fully saturated rings. The zero-order valence-electron chi connectivity index (χ0n) is 24.9. The predicted octanol–water partition coefficient (Wildman–Crippen LogP) is 2.79. The van der Waals surface area contributed by atoms with E-state index in [4.69, 9.17) is 29.3 Å². The second kappa shape index (κ2) is 15.0. The minimum Gasteiger partial charge on any atom is -0.475 e. The van der Waals surface area contributed by atoms with E-state index in [1.165, 1.54) is 5.56 Å². The van der Waals surface area contributed by atoms with Crippen LogP contribution in [-0.2, 0) is 29.1 Å². The van der Waals surface area contributed by atoms with Crippen LogP contribution in [0.5, 0.6) is 11.5 Å². The molecule has 0 aliphatic carbocycles. The average Bonchev–Trinajstić information content (AvgIpc) is 3.60. The van der Waals surface area contributed by atoms with Gasteiger partial charge in [-0.25, -0.2) is 9.59 Å². The van der Waals surface area contributed by atoms with Gasteiger partial charge in [-0.05, 0) is 69.6 Å². The molecule has 5 rings (SSSR count). The number of benzene rings is 1. The molecule has 13 nitrogen and oxygen atoms in total. The molecule has 2 aromatic rings. The Bertz CT molecular complexity index is 1350. The Balaban J connectivity index is 0.000000345. The summed E-state index contributed by atoms with van der Waals surface area (Å²) in [6.45, 7) is 5.58. The standard InChI is InChI=1S/C23H32N6O3.2C2HF3O2/c1-27(2)12-9-24-22(30)21-26-25-20-5-6-23(15-29(20)21)7-10-28(11-8-23)14-17-3-4-18-19(13-17)32-16-31-18;2*3-2(4,5)1(6)7/h3-4,13H,5-12,14-16H2,1-2H3,(H,24,30);2*(H,6,7). The van der Waals surface area contributed by atoms with Gasteiger partial charge in [-0.15, -0.1) is 10.2 Å². The quantitative estimate of drug-likeness (QED) is 0.389. The minimum absolute atomic E-state index is 0.122. The van der Waals surface area contributed by atoms with E-state index in [1.807, 2.05) is 25.1 Å². The van der Waals surface area contributed by atoms with Crippen LogP contribution in [0.25, 0.3) is 0 Å². The van der Waals surface area contributed by atoms with E-state index in [-0.39, 0.29) is 11.3 Å². The number of nitrogens with one attached hydrogen (secondary N) is 1. The Labute approximate surface area is 259 Å². The van der Waals surface area contributed by atoms with Crippen LogP contribution in [0.2, 0.25) is 0 Å². The first kappa shape index (κ1) is 36.3. The lowest BCUT2D eigenvalue weighted by Gasteiger charge is -2.44. The van der Waals surface area contributed by atoms with E-state index in [2.05, 4.69) is 37.1 Å². The highest BCUT2D eigenvalue weighted by Crippen LogP contribution is 2.41. The number of aryl methyl sites for hydroxylation is 1. The van der Waals surface area contributed by atoms with Gasteiger partial charge < -0.3 is 34.5 Å². The Morgan fingerprint density at radius 3 is 2.11 bits per heavy atom. The fourth-order valence-electron chi connectivity index (χ4n) is 5.01. The number of ether oxygens (including phenoxy) is 2. The molecule has 1 spiro atoms. The zero-order chi connectivity index (χ0) is 34.3. The third kappa shape index (κ3) is 10.2. The SMILES string of the molecule is CN(C)CCNC(=O)c1nnc2n1CC1(CC2)CCN(Cc2ccc3c(c2)OCO3)CC1.O=C(O)C(F)(F)F.O=C(O)C(F)(F)F. The monoisotopic (exact) mass is 668 g/mol. The summed E-state index contributed by atoms with van der Waals surface area (Å²) in [5.74, 6) is -2.56. The number of hydrogen-bond donors (Lipinski definition) is 3. The number of carbonyl (C=O) groups is 3. The topological polar surface area (TPSA) is 159 Å². The average molecular weight is 669 g/mol.